The number of methoxy groups -OCH3 is 1. The molecule has 0 aromatic heterocycles. The zero-order valence-corrected chi connectivity index (χ0v) is 15.2. The molecule has 7 nitrogen and oxygen atoms in total. The zero-order chi connectivity index (χ0) is 19.3. The molecule has 0 aliphatic rings. The van der Waals surface area contributed by atoms with Gasteiger partial charge in [0, 0.05) is 31.3 Å². The molecule has 0 atom stereocenters. The van der Waals surface area contributed by atoms with Crippen LogP contribution in [-0.4, -0.2) is 24.8 Å². The van der Waals surface area contributed by atoms with Crippen molar-refractivity contribution in [3.63, 3.8) is 0 Å². The summed E-state index contributed by atoms with van der Waals surface area (Å²) in [7, 11) is 1.41. The number of hydrogen-bond donors (Lipinski definition) is 3. The van der Waals surface area contributed by atoms with Crippen molar-refractivity contribution in [2.24, 2.45) is 0 Å². The number of anilines is 3. The van der Waals surface area contributed by atoms with Crippen molar-refractivity contribution in [2.45, 2.75) is 13.8 Å². The second kappa shape index (κ2) is 8.35. The zero-order valence-electron chi connectivity index (χ0n) is 14.5. The lowest BCUT2D eigenvalue weighted by molar-refractivity contribution is -0.115. The third-order valence-electron chi connectivity index (χ3n) is 3.29. The summed E-state index contributed by atoms with van der Waals surface area (Å²) in [5, 5.41) is 8.13. The van der Waals surface area contributed by atoms with E-state index in [2.05, 4.69) is 16.0 Å². The molecule has 2 rings (SSSR count). The van der Waals surface area contributed by atoms with Crippen LogP contribution in [0.5, 0.6) is 5.75 Å². The predicted octanol–water partition coefficient (Wildman–Crippen LogP) is 3.52. The van der Waals surface area contributed by atoms with E-state index in [4.69, 9.17) is 16.3 Å². The molecule has 0 spiro atoms. The fourth-order valence-electron chi connectivity index (χ4n) is 2.26. The predicted molar refractivity (Wildman–Crippen MR) is 101 cm³/mol. The van der Waals surface area contributed by atoms with Gasteiger partial charge in [-0.3, -0.25) is 14.4 Å². The highest BCUT2D eigenvalue weighted by atomic mass is 35.5. The van der Waals surface area contributed by atoms with Crippen molar-refractivity contribution in [1.29, 1.82) is 0 Å². The van der Waals surface area contributed by atoms with E-state index in [0.29, 0.717) is 17.1 Å². The van der Waals surface area contributed by atoms with Crippen LogP contribution in [0, 0.1) is 0 Å². The molecule has 3 amide bonds. The Hall–Kier alpha value is -3.06. The average molecular weight is 376 g/mol. The molecular formula is C18H18ClN3O4. The van der Waals surface area contributed by atoms with Crippen LogP contribution in [0.25, 0.3) is 0 Å². The number of amides is 3. The Balaban J connectivity index is 2.28. The van der Waals surface area contributed by atoms with Crippen LogP contribution in [0.4, 0.5) is 17.1 Å². The lowest BCUT2D eigenvalue weighted by atomic mass is 10.1. The molecular weight excluding hydrogens is 358 g/mol. The first kappa shape index (κ1) is 19.3. The first-order valence-corrected chi connectivity index (χ1v) is 8.02. The van der Waals surface area contributed by atoms with Gasteiger partial charge in [-0.05, 0) is 24.3 Å². The Kier molecular flexibility index (Phi) is 6.19. The number of carbonyl (C=O) groups excluding carboxylic acids is 3. The van der Waals surface area contributed by atoms with Crippen LogP contribution in [0.1, 0.15) is 24.2 Å². The summed E-state index contributed by atoms with van der Waals surface area (Å²) in [6, 6.07) is 9.61. The van der Waals surface area contributed by atoms with E-state index >= 15 is 0 Å². The molecule has 0 aliphatic heterocycles. The van der Waals surface area contributed by atoms with Gasteiger partial charge in [0.2, 0.25) is 11.8 Å². The Bertz CT molecular complexity index is 868. The van der Waals surface area contributed by atoms with E-state index in [1.807, 2.05) is 0 Å². The van der Waals surface area contributed by atoms with Gasteiger partial charge in [0.05, 0.1) is 23.4 Å². The van der Waals surface area contributed by atoms with E-state index in [9.17, 15) is 14.4 Å². The summed E-state index contributed by atoms with van der Waals surface area (Å²) in [5.74, 6) is -0.691. The number of carbonyl (C=O) groups is 3. The Labute approximate surface area is 155 Å². The fourth-order valence-corrected chi connectivity index (χ4v) is 2.47. The Morgan fingerprint density at radius 3 is 2.12 bits per heavy atom. The number of ether oxygens (including phenoxy) is 1. The normalized spacial score (nSPS) is 10.0. The molecule has 0 fully saturated rings. The maximum absolute atomic E-state index is 12.6. The molecule has 0 unspecified atom stereocenters. The topological polar surface area (TPSA) is 96.5 Å². The summed E-state index contributed by atoms with van der Waals surface area (Å²) in [6.07, 6.45) is 0. The third-order valence-corrected chi connectivity index (χ3v) is 3.60. The second-order valence-corrected chi connectivity index (χ2v) is 5.84. The molecule has 136 valence electrons. The SMILES string of the molecule is COc1cc(NC(C)=O)c(Cl)cc1C(=O)Nc1cccc(NC(C)=O)c1. The highest BCUT2D eigenvalue weighted by molar-refractivity contribution is 6.34. The summed E-state index contributed by atoms with van der Waals surface area (Å²) in [4.78, 5) is 34.9. The number of benzene rings is 2. The quantitative estimate of drug-likeness (QED) is 0.744. The molecule has 3 N–H and O–H groups in total. The van der Waals surface area contributed by atoms with Crippen molar-refractivity contribution in [3.05, 3.63) is 47.0 Å². The maximum atomic E-state index is 12.6. The van der Waals surface area contributed by atoms with E-state index < -0.39 is 5.91 Å². The monoisotopic (exact) mass is 375 g/mol. The largest absolute Gasteiger partial charge is 0.496 e. The first-order valence-electron chi connectivity index (χ1n) is 7.64. The standard InChI is InChI=1S/C18H18ClN3O4/c1-10(23)20-12-5-4-6-13(7-12)22-18(25)14-8-15(19)16(21-11(2)24)9-17(14)26-3/h4-9H,1-3H3,(H,20,23)(H,21,24)(H,22,25). The van der Waals surface area contributed by atoms with Crippen LogP contribution in [0.2, 0.25) is 5.02 Å². The molecule has 0 heterocycles. The van der Waals surface area contributed by atoms with Gasteiger partial charge in [0.1, 0.15) is 5.75 Å². The van der Waals surface area contributed by atoms with Crippen LogP contribution < -0.4 is 20.7 Å². The highest BCUT2D eigenvalue weighted by Gasteiger charge is 2.17. The minimum atomic E-state index is -0.446. The van der Waals surface area contributed by atoms with Crippen LogP contribution >= 0.6 is 11.6 Å². The first-order chi connectivity index (χ1) is 12.3. The van der Waals surface area contributed by atoms with Gasteiger partial charge < -0.3 is 20.7 Å². The lowest BCUT2D eigenvalue weighted by Crippen LogP contribution is -2.15. The Morgan fingerprint density at radius 1 is 0.923 bits per heavy atom. The minimum absolute atomic E-state index is 0.205. The summed E-state index contributed by atoms with van der Waals surface area (Å²) >= 11 is 6.13. The van der Waals surface area contributed by atoms with Crippen LogP contribution in [0.3, 0.4) is 0 Å². The summed E-state index contributed by atoms with van der Waals surface area (Å²) in [5.41, 5.74) is 1.60. The van der Waals surface area contributed by atoms with Gasteiger partial charge in [-0.15, -0.1) is 0 Å². The van der Waals surface area contributed by atoms with E-state index in [1.54, 1.807) is 24.3 Å². The van der Waals surface area contributed by atoms with Gasteiger partial charge in [-0.2, -0.15) is 0 Å². The maximum Gasteiger partial charge on any atom is 0.259 e. The fraction of sp³-hybridized carbons (Fsp3) is 0.167. The number of nitrogens with one attached hydrogen (secondary N) is 3. The van der Waals surface area contributed by atoms with E-state index in [1.165, 1.54) is 33.1 Å². The molecule has 2 aromatic carbocycles. The van der Waals surface area contributed by atoms with Crippen molar-refractivity contribution in [2.75, 3.05) is 23.1 Å². The molecule has 0 radical (unpaired) electrons. The van der Waals surface area contributed by atoms with Gasteiger partial charge in [-0.25, -0.2) is 0 Å². The lowest BCUT2D eigenvalue weighted by Gasteiger charge is -2.13. The molecule has 0 saturated heterocycles. The van der Waals surface area contributed by atoms with Gasteiger partial charge in [0.25, 0.3) is 5.91 Å². The van der Waals surface area contributed by atoms with Crippen molar-refractivity contribution < 1.29 is 19.1 Å². The molecule has 0 saturated carbocycles. The second-order valence-electron chi connectivity index (χ2n) is 5.43. The van der Waals surface area contributed by atoms with E-state index in [-0.39, 0.29) is 28.1 Å². The number of hydrogen-bond acceptors (Lipinski definition) is 4. The van der Waals surface area contributed by atoms with Crippen molar-refractivity contribution in [1.82, 2.24) is 0 Å². The molecule has 0 aliphatic carbocycles. The van der Waals surface area contributed by atoms with Crippen molar-refractivity contribution in [3.8, 4) is 5.75 Å². The minimum Gasteiger partial charge on any atom is -0.496 e. The average Bonchev–Trinajstić information content (AvgIpc) is 2.55. The van der Waals surface area contributed by atoms with Crippen molar-refractivity contribution >= 4 is 46.4 Å². The van der Waals surface area contributed by atoms with Gasteiger partial charge >= 0.3 is 0 Å². The van der Waals surface area contributed by atoms with Crippen LogP contribution in [0.15, 0.2) is 36.4 Å². The Morgan fingerprint density at radius 2 is 1.54 bits per heavy atom. The highest BCUT2D eigenvalue weighted by Crippen LogP contribution is 2.31. The summed E-state index contributed by atoms with van der Waals surface area (Å²) < 4.78 is 5.23. The van der Waals surface area contributed by atoms with Crippen LogP contribution in [-0.2, 0) is 9.59 Å². The molecule has 8 heteroatoms. The number of rotatable bonds is 5. The molecule has 0 bridgehead atoms. The van der Waals surface area contributed by atoms with Gasteiger partial charge in [0.15, 0.2) is 0 Å². The third kappa shape index (κ3) is 4.97. The molecule has 2 aromatic rings. The smallest absolute Gasteiger partial charge is 0.259 e. The van der Waals surface area contributed by atoms with Gasteiger partial charge in [-0.1, -0.05) is 17.7 Å². The number of halogens is 1. The summed E-state index contributed by atoms with van der Waals surface area (Å²) in [6.45, 7) is 2.75. The molecule has 26 heavy (non-hydrogen) atoms. The van der Waals surface area contributed by atoms with E-state index in [0.717, 1.165) is 0 Å².